The molecular weight excluding hydrogens is 456 g/mol. The Labute approximate surface area is 209 Å². The molecule has 178 valence electrons. The molecule has 2 aliphatic heterocycles. The highest BCUT2D eigenvalue weighted by Gasteiger charge is 2.21. The molecule has 2 aliphatic rings. The Bertz CT molecular complexity index is 1320. The first-order valence-electron chi connectivity index (χ1n) is 12.2. The summed E-state index contributed by atoms with van der Waals surface area (Å²) in [5, 5.41) is 1.22. The summed E-state index contributed by atoms with van der Waals surface area (Å²) in [5.74, 6) is -0.0288. The molecule has 0 radical (unpaired) electrons. The van der Waals surface area contributed by atoms with Crippen molar-refractivity contribution in [1.82, 2.24) is 14.9 Å². The molecule has 0 spiro atoms. The first-order valence-corrected chi connectivity index (χ1v) is 13.0. The lowest BCUT2D eigenvalue weighted by molar-refractivity contribution is 0.0299. The number of carbonyl (C=O) groups is 1. The Kier molecular flexibility index (Phi) is 6.19. The molecule has 0 aliphatic carbocycles. The second kappa shape index (κ2) is 9.76. The fraction of sp³-hybridized carbons (Fsp3) is 0.286. The third-order valence-electron chi connectivity index (χ3n) is 6.72. The van der Waals surface area contributed by atoms with Crippen LogP contribution >= 0.6 is 11.8 Å². The number of aromatic amines is 1. The molecule has 4 heterocycles. The minimum absolute atomic E-state index is 0.0288. The molecule has 6 rings (SSSR count). The number of para-hydroxylation sites is 1. The fourth-order valence-corrected chi connectivity index (χ4v) is 5.79. The second-order valence-electron chi connectivity index (χ2n) is 9.03. The van der Waals surface area contributed by atoms with Gasteiger partial charge in [-0.3, -0.25) is 9.78 Å². The standard InChI is InChI=1S/C28H28N4O2S/c33-28(32-13-15-34-16-14-32)26-19-22(9-10-29-26)35-21-7-8-27(31-11-3-4-12-31)23(18-21)25-17-20-5-1-2-6-24(20)30-25/h1-2,5-10,17-19,30H,3-4,11-16H2. The first kappa shape index (κ1) is 22.2. The topological polar surface area (TPSA) is 61.5 Å². The highest BCUT2D eigenvalue weighted by atomic mass is 32.2. The van der Waals surface area contributed by atoms with Crippen molar-refractivity contribution in [2.24, 2.45) is 0 Å². The smallest absolute Gasteiger partial charge is 0.272 e. The second-order valence-corrected chi connectivity index (χ2v) is 10.2. The van der Waals surface area contributed by atoms with Gasteiger partial charge in [0.15, 0.2) is 0 Å². The number of pyridine rings is 1. The van der Waals surface area contributed by atoms with Gasteiger partial charge in [0.2, 0.25) is 0 Å². The van der Waals surface area contributed by atoms with Crippen LogP contribution in [-0.2, 0) is 4.74 Å². The Morgan fingerprint density at radius 2 is 1.71 bits per heavy atom. The summed E-state index contributed by atoms with van der Waals surface area (Å²) in [4.78, 5) is 27.3. The van der Waals surface area contributed by atoms with Crippen molar-refractivity contribution in [1.29, 1.82) is 0 Å². The third-order valence-corrected chi connectivity index (χ3v) is 7.70. The first-order chi connectivity index (χ1) is 17.2. The van der Waals surface area contributed by atoms with Gasteiger partial charge in [0, 0.05) is 70.0 Å². The van der Waals surface area contributed by atoms with Gasteiger partial charge in [0.1, 0.15) is 5.69 Å². The van der Waals surface area contributed by atoms with Crippen LogP contribution in [0.15, 0.2) is 76.7 Å². The minimum Gasteiger partial charge on any atom is -0.378 e. The van der Waals surface area contributed by atoms with Gasteiger partial charge in [-0.25, -0.2) is 0 Å². The van der Waals surface area contributed by atoms with Gasteiger partial charge in [-0.15, -0.1) is 0 Å². The van der Waals surface area contributed by atoms with E-state index < -0.39 is 0 Å². The molecule has 7 heteroatoms. The van der Waals surface area contributed by atoms with Gasteiger partial charge < -0.3 is 19.5 Å². The Hall–Kier alpha value is -3.29. The molecule has 0 saturated carbocycles. The average Bonchev–Trinajstić information content (AvgIpc) is 3.59. The van der Waals surface area contributed by atoms with Crippen LogP contribution in [0.3, 0.4) is 0 Å². The maximum atomic E-state index is 12.9. The number of nitrogens with zero attached hydrogens (tertiary/aromatic N) is 3. The van der Waals surface area contributed by atoms with Crippen molar-refractivity contribution in [2.75, 3.05) is 44.3 Å². The number of nitrogens with one attached hydrogen (secondary N) is 1. The van der Waals surface area contributed by atoms with Gasteiger partial charge in [0.25, 0.3) is 5.91 Å². The molecule has 4 aromatic rings. The monoisotopic (exact) mass is 484 g/mol. The summed E-state index contributed by atoms with van der Waals surface area (Å²) < 4.78 is 5.38. The molecule has 35 heavy (non-hydrogen) atoms. The zero-order valence-corrected chi connectivity index (χ0v) is 20.4. The van der Waals surface area contributed by atoms with Crippen LogP contribution in [0.5, 0.6) is 0 Å². The quantitative estimate of drug-likeness (QED) is 0.408. The lowest BCUT2D eigenvalue weighted by Gasteiger charge is -2.26. The Morgan fingerprint density at radius 1 is 0.914 bits per heavy atom. The predicted octanol–water partition coefficient (Wildman–Crippen LogP) is 5.45. The van der Waals surface area contributed by atoms with Crippen molar-refractivity contribution in [3.05, 3.63) is 72.6 Å². The van der Waals surface area contributed by atoms with Crippen LogP contribution in [0.25, 0.3) is 22.2 Å². The van der Waals surface area contributed by atoms with Crippen molar-refractivity contribution >= 4 is 34.3 Å². The van der Waals surface area contributed by atoms with Gasteiger partial charge in [-0.2, -0.15) is 0 Å². The van der Waals surface area contributed by atoms with Gasteiger partial charge in [-0.1, -0.05) is 30.0 Å². The lowest BCUT2D eigenvalue weighted by atomic mass is 10.1. The van der Waals surface area contributed by atoms with Crippen LogP contribution < -0.4 is 4.90 Å². The number of hydrogen-bond donors (Lipinski definition) is 1. The Balaban J connectivity index is 1.31. The number of morpholine rings is 1. The van der Waals surface area contributed by atoms with Gasteiger partial charge >= 0.3 is 0 Å². The number of H-pyrrole nitrogens is 1. The predicted molar refractivity (Wildman–Crippen MR) is 140 cm³/mol. The van der Waals surface area contributed by atoms with E-state index in [1.807, 2.05) is 17.0 Å². The third kappa shape index (κ3) is 4.66. The van der Waals surface area contributed by atoms with Crippen molar-refractivity contribution in [3.8, 4) is 11.3 Å². The SMILES string of the molecule is O=C(c1cc(Sc2ccc(N3CCCC3)c(-c3cc4ccccc4[nH]3)c2)ccn1)N1CCOCC1. The van der Waals surface area contributed by atoms with Crippen LogP contribution in [0, 0.1) is 0 Å². The number of carbonyl (C=O) groups excluding carboxylic acids is 1. The molecule has 1 N–H and O–H groups in total. The average molecular weight is 485 g/mol. The van der Waals surface area contributed by atoms with Crippen LogP contribution in [0.2, 0.25) is 0 Å². The van der Waals surface area contributed by atoms with E-state index in [0.29, 0.717) is 32.0 Å². The van der Waals surface area contributed by atoms with Crippen LogP contribution in [0.1, 0.15) is 23.3 Å². The molecule has 2 aromatic carbocycles. The van der Waals surface area contributed by atoms with Crippen molar-refractivity contribution in [3.63, 3.8) is 0 Å². The van der Waals surface area contributed by atoms with E-state index in [1.54, 1.807) is 18.0 Å². The zero-order valence-electron chi connectivity index (χ0n) is 19.6. The summed E-state index contributed by atoms with van der Waals surface area (Å²) >= 11 is 1.66. The van der Waals surface area contributed by atoms with E-state index in [4.69, 9.17) is 4.74 Å². The van der Waals surface area contributed by atoms with E-state index in [-0.39, 0.29) is 5.91 Å². The molecule has 2 aromatic heterocycles. The number of aromatic nitrogens is 2. The summed E-state index contributed by atoms with van der Waals surface area (Å²) in [6, 6.07) is 21.2. The van der Waals surface area contributed by atoms with Crippen LogP contribution in [0.4, 0.5) is 5.69 Å². The Morgan fingerprint density at radius 3 is 2.54 bits per heavy atom. The minimum atomic E-state index is -0.0288. The summed E-state index contributed by atoms with van der Waals surface area (Å²) in [5.41, 5.74) is 5.26. The molecular formula is C28H28N4O2S. The van der Waals surface area contributed by atoms with E-state index in [0.717, 1.165) is 34.1 Å². The summed E-state index contributed by atoms with van der Waals surface area (Å²) in [6.07, 6.45) is 4.20. The van der Waals surface area contributed by atoms with Gasteiger partial charge in [-0.05, 0) is 55.3 Å². The summed E-state index contributed by atoms with van der Waals surface area (Å²) in [6.45, 7) is 4.59. The number of benzene rings is 2. The number of fused-ring (bicyclic) bond motifs is 1. The fourth-order valence-electron chi connectivity index (χ4n) is 4.90. The van der Waals surface area contributed by atoms with E-state index in [1.165, 1.54) is 29.5 Å². The molecule has 0 bridgehead atoms. The van der Waals surface area contributed by atoms with Crippen molar-refractivity contribution in [2.45, 2.75) is 22.6 Å². The van der Waals surface area contributed by atoms with E-state index in [2.05, 4.69) is 63.4 Å². The highest BCUT2D eigenvalue weighted by molar-refractivity contribution is 7.99. The number of amides is 1. The maximum absolute atomic E-state index is 12.9. The molecule has 2 fully saturated rings. The number of anilines is 1. The lowest BCUT2D eigenvalue weighted by Crippen LogP contribution is -2.41. The molecule has 2 saturated heterocycles. The molecule has 1 amide bonds. The largest absolute Gasteiger partial charge is 0.378 e. The number of ether oxygens (including phenoxy) is 1. The van der Waals surface area contributed by atoms with E-state index in [9.17, 15) is 4.79 Å². The maximum Gasteiger partial charge on any atom is 0.272 e. The normalized spacial score (nSPS) is 16.2. The zero-order chi connectivity index (χ0) is 23.6. The van der Waals surface area contributed by atoms with Crippen molar-refractivity contribution < 1.29 is 9.53 Å². The number of hydrogen-bond acceptors (Lipinski definition) is 5. The van der Waals surface area contributed by atoms with E-state index >= 15 is 0 Å². The molecule has 0 atom stereocenters. The van der Waals surface area contributed by atoms with Crippen LogP contribution in [-0.4, -0.2) is 60.2 Å². The summed E-state index contributed by atoms with van der Waals surface area (Å²) in [7, 11) is 0. The molecule has 6 nitrogen and oxygen atoms in total. The highest BCUT2D eigenvalue weighted by Crippen LogP contribution is 2.39. The number of rotatable bonds is 5. The van der Waals surface area contributed by atoms with Gasteiger partial charge in [0.05, 0.1) is 13.2 Å². The molecule has 0 unspecified atom stereocenters.